The quantitative estimate of drug-likeness (QED) is 0.297. The zero-order valence-electron chi connectivity index (χ0n) is 17.9. The highest BCUT2D eigenvalue weighted by atomic mass is 35.5. The molecule has 1 heterocycles. The lowest BCUT2D eigenvalue weighted by molar-refractivity contribution is 0.0526. The number of carbonyl (C=O) groups is 1. The first-order valence-electron chi connectivity index (χ1n) is 10.5. The van der Waals surface area contributed by atoms with E-state index in [0.717, 1.165) is 33.8 Å². The maximum absolute atomic E-state index is 13.7. The zero-order chi connectivity index (χ0) is 22.7. The van der Waals surface area contributed by atoms with Crippen molar-refractivity contribution in [2.75, 3.05) is 6.61 Å². The second kappa shape index (κ2) is 9.41. The van der Waals surface area contributed by atoms with E-state index in [9.17, 15) is 9.18 Å². The van der Waals surface area contributed by atoms with E-state index in [4.69, 9.17) is 16.3 Å². The molecule has 3 aromatic carbocycles. The Kier molecular flexibility index (Phi) is 6.42. The van der Waals surface area contributed by atoms with Gasteiger partial charge in [0.25, 0.3) is 0 Å². The summed E-state index contributed by atoms with van der Waals surface area (Å²) in [6, 6.07) is 23.8. The molecule has 4 aromatic rings. The van der Waals surface area contributed by atoms with Crippen LogP contribution in [0.5, 0.6) is 0 Å². The molecule has 0 bridgehead atoms. The van der Waals surface area contributed by atoms with E-state index in [2.05, 4.69) is 4.57 Å². The van der Waals surface area contributed by atoms with E-state index in [-0.39, 0.29) is 12.4 Å². The minimum absolute atomic E-state index is 0.265. The molecule has 0 amide bonds. The van der Waals surface area contributed by atoms with Gasteiger partial charge in [0, 0.05) is 34.1 Å². The monoisotopic (exact) mass is 447 g/mol. The fraction of sp³-hybridized carbons (Fsp3) is 0.148. The van der Waals surface area contributed by atoms with Crippen molar-refractivity contribution in [2.45, 2.75) is 20.3 Å². The summed E-state index contributed by atoms with van der Waals surface area (Å²) in [7, 11) is 0. The minimum atomic E-state index is -0.397. The van der Waals surface area contributed by atoms with Gasteiger partial charge in [-0.3, -0.25) is 0 Å². The van der Waals surface area contributed by atoms with Crippen LogP contribution in [-0.4, -0.2) is 17.1 Å². The normalized spacial score (nSPS) is 10.9. The highest BCUT2D eigenvalue weighted by molar-refractivity contribution is 6.30. The third-order valence-electron chi connectivity index (χ3n) is 5.42. The van der Waals surface area contributed by atoms with Crippen LogP contribution in [0.3, 0.4) is 0 Å². The predicted octanol–water partition coefficient (Wildman–Crippen LogP) is 7.01. The summed E-state index contributed by atoms with van der Waals surface area (Å²) < 4.78 is 21.2. The molecule has 0 saturated heterocycles. The van der Waals surface area contributed by atoms with E-state index in [0.29, 0.717) is 17.0 Å². The van der Waals surface area contributed by atoms with Crippen LogP contribution >= 0.6 is 11.6 Å². The van der Waals surface area contributed by atoms with Gasteiger partial charge >= 0.3 is 5.97 Å². The van der Waals surface area contributed by atoms with Crippen molar-refractivity contribution in [3.8, 4) is 16.8 Å². The standard InChI is InChI=1S/C27H23ClFNO2/c1-3-32-27(31)25-18(2)30(23-15-11-21(28)12-16-23)24(17-19-7-5-4-6-8-19)26(25)20-9-13-22(29)14-10-20/h4-16H,3,17H2,1-2H3. The smallest absolute Gasteiger partial charge is 0.340 e. The molecule has 3 nitrogen and oxygen atoms in total. The van der Waals surface area contributed by atoms with Crippen molar-refractivity contribution in [1.29, 1.82) is 0 Å². The zero-order valence-corrected chi connectivity index (χ0v) is 18.7. The summed E-state index contributed by atoms with van der Waals surface area (Å²) in [6.45, 7) is 3.95. The average Bonchev–Trinajstić information content (AvgIpc) is 3.07. The molecule has 5 heteroatoms. The van der Waals surface area contributed by atoms with Gasteiger partial charge in [0.15, 0.2) is 0 Å². The number of hydrogen-bond donors (Lipinski definition) is 0. The van der Waals surface area contributed by atoms with Crippen LogP contribution in [0, 0.1) is 12.7 Å². The van der Waals surface area contributed by atoms with E-state index in [1.165, 1.54) is 12.1 Å². The molecule has 0 aliphatic heterocycles. The molecule has 0 atom stereocenters. The first kappa shape index (κ1) is 21.8. The van der Waals surface area contributed by atoms with Gasteiger partial charge < -0.3 is 9.30 Å². The lowest BCUT2D eigenvalue weighted by Gasteiger charge is -2.14. The van der Waals surface area contributed by atoms with Crippen molar-refractivity contribution in [2.24, 2.45) is 0 Å². The summed E-state index contributed by atoms with van der Waals surface area (Å²) in [4.78, 5) is 13.1. The molecule has 162 valence electrons. The van der Waals surface area contributed by atoms with Crippen LogP contribution in [0.15, 0.2) is 78.9 Å². The average molecular weight is 448 g/mol. The summed E-state index contributed by atoms with van der Waals surface area (Å²) in [5.41, 5.74) is 5.66. The molecule has 0 saturated carbocycles. The second-order valence-corrected chi connectivity index (χ2v) is 7.92. The van der Waals surface area contributed by atoms with E-state index in [1.54, 1.807) is 19.1 Å². The summed E-state index contributed by atoms with van der Waals surface area (Å²) in [6.07, 6.45) is 0.580. The maximum Gasteiger partial charge on any atom is 0.340 e. The van der Waals surface area contributed by atoms with Crippen LogP contribution < -0.4 is 0 Å². The van der Waals surface area contributed by atoms with Crippen molar-refractivity contribution in [3.63, 3.8) is 0 Å². The molecule has 0 fully saturated rings. The van der Waals surface area contributed by atoms with Gasteiger partial charge in [-0.1, -0.05) is 54.1 Å². The first-order chi connectivity index (χ1) is 15.5. The van der Waals surface area contributed by atoms with Crippen molar-refractivity contribution in [1.82, 2.24) is 4.57 Å². The van der Waals surface area contributed by atoms with E-state index in [1.807, 2.05) is 61.5 Å². The number of rotatable bonds is 6. The molecular formula is C27H23ClFNO2. The van der Waals surface area contributed by atoms with E-state index >= 15 is 0 Å². The molecule has 32 heavy (non-hydrogen) atoms. The molecule has 0 N–H and O–H groups in total. The minimum Gasteiger partial charge on any atom is -0.462 e. The number of halogens is 2. The summed E-state index contributed by atoms with van der Waals surface area (Å²) in [5.74, 6) is -0.726. The SMILES string of the molecule is CCOC(=O)c1c(-c2ccc(F)cc2)c(Cc2ccccc2)n(-c2ccc(Cl)cc2)c1C. The van der Waals surface area contributed by atoms with Crippen LogP contribution in [-0.2, 0) is 11.2 Å². The third kappa shape index (κ3) is 4.32. The molecule has 0 radical (unpaired) electrons. The topological polar surface area (TPSA) is 31.2 Å². The molecule has 1 aromatic heterocycles. The second-order valence-electron chi connectivity index (χ2n) is 7.48. The number of carbonyl (C=O) groups excluding carboxylic acids is 1. The van der Waals surface area contributed by atoms with Crippen molar-refractivity contribution in [3.05, 3.63) is 112 Å². The Balaban J connectivity index is 2.03. The molecule has 0 aliphatic rings. The van der Waals surface area contributed by atoms with Crippen LogP contribution in [0.25, 0.3) is 16.8 Å². The van der Waals surface area contributed by atoms with Gasteiger partial charge in [-0.2, -0.15) is 0 Å². The maximum atomic E-state index is 13.7. The largest absolute Gasteiger partial charge is 0.462 e. The van der Waals surface area contributed by atoms with Gasteiger partial charge in [-0.05, 0) is 61.4 Å². The van der Waals surface area contributed by atoms with Gasteiger partial charge in [0.2, 0.25) is 0 Å². The van der Waals surface area contributed by atoms with Gasteiger partial charge in [-0.15, -0.1) is 0 Å². The van der Waals surface area contributed by atoms with Crippen LogP contribution in [0.2, 0.25) is 5.02 Å². The Labute approximate surface area is 192 Å². The molecule has 0 spiro atoms. The van der Waals surface area contributed by atoms with Gasteiger partial charge in [0.1, 0.15) is 5.82 Å². The van der Waals surface area contributed by atoms with Gasteiger partial charge in [0.05, 0.1) is 12.2 Å². The Morgan fingerprint density at radius 3 is 2.25 bits per heavy atom. The molecule has 0 aliphatic carbocycles. The van der Waals surface area contributed by atoms with Gasteiger partial charge in [-0.25, -0.2) is 9.18 Å². The number of aromatic nitrogens is 1. The summed E-state index contributed by atoms with van der Waals surface area (Å²) >= 11 is 6.13. The lowest BCUT2D eigenvalue weighted by Crippen LogP contribution is -2.07. The van der Waals surface area contributed by atoms with Crippen molar-refractivity contribution < 1.29 is 13.9 Å². The third-order valence-corrected chi connectivity index (χ3v) is 5.67. The molecule has 4 rings (SSSR count). The number of benzene rings is 3. The molecular weight excluding hydrogens is 425 g/mol. The number of ether oxygens (including phenoxy) is 1. The lowest BCUT2D eigenvalue weighted by atomic mass is 9.97. The first-order valence-corrected chi connectivity index (χ1v) is 10.8. The number of esters is 1. The number of nitrogens with zero attached hydrogens (tertiary/aromatic N) is 1. The van der Waals surface area contributed by atoms with Crippen LogP contribution in [0.4, 0.5) is 4.39 Å². The highest BCUT2D eigenvalue weighted by Gasteiger charge is 2.28. The predicted molar refractivity (Wildman–Crippen MR) is 126 cm³/mol. The van der Waals surface area contributed by atoms with E-state index < -0.39 is 5.97 Å². The number of hydrogen-bond acceptors (Lipinski definition) is 2. The van der Waals surface area contributed by atoms with Crippen molar-refractivity contribution >= 4 is 17.6 Å². The molecule has 0 unspecified atom stereocenters. The Hall–Kier alpha value is -3.37. The fourth-order valence-electron chi connectivity index (χ4n) is 4.03. The Morgan fingerprint density at radius 1 is 0.969 bits per heavy atom. The fourth-order valence-corrected chi connectivity index (χ4v) is 4.15. The Bertz CT molecular complexity index is 1230. The highest BCUT2D eigenvalue weighted by Crippen LogP contribution is 2.37. The summed E-state index contributed by atoms with van der Waals surface area (Å²) in [5, 5.41) is 0.632. The van der Waals surface area contributed by atoms with Crippen LogP contribution in [0.1, 0.15) is 34.2 Å². The Morgan fingerprint density at radius 2 is 1.62 bits per heavy atom.